The van der Waals surface area contributed by atoms with E-state index >= 15 is 0 Å². The fourth-order valence-corrected chi connectivity index (χ4v) is 2.48. The summed E-state index contributed by atoms with van der Waals surface area (Å²) >= 11 is 0. The van der Waals surface area contributed by atoms with Crippen LogP contribution in [0.4, 0.5) is 0 Å². The molecule has 4 atom stereocenters. The average molecular weight is 242 g/mol. The molecule has 1 fully saturated rings. The Bertz CT molecular complexity index is 246. The minimum absolute atomic E-state index is 0.0868. The highest BCUT2D eigenvalue weighted by molar-refractivity contribution is 5.79. The predicted octanol–water partition coefficient (Wildman–Crippen LogP) is 1.29. The highest BCUT2D eigenvalue weighted by atomic mass is 16.5. The summed E-state index contributed by atoms with van der Waals surface area (Å²) < 4.78 is 5.01. The molecule has 0 saturated heterocycles. The molecule has 1 aliphatic carbocycles. The van der Waals surface area contributed by atoms with Gasteiger partial charge in [0.2, 0.25) is 5.91 Å². The first kappa shape index (κ1) is 14.5. The molecule has 0 heterocycles. The number of hydrogen-bond acceptors (Lipinski definition) is 3. The SMILES string of the molecule is COCCC(C)NC(=O)C1CCCC(N)C1C. The summed E-state index contributed by atoms with van der Waals surface area (Å²) in [5.74, 6) is 0.540. The van der Waals surface area contributed by atoms with E-state index in [2.05, 4.69) is 12.2 Å². The smallest absolute Gasteiger partial charge is 0.223 e. The molecule has 0 spiro atoms. The van der Waals surface area contributed by atoms with E-state index in [4.69, 9.17) is 10.5 Å². The van der Waals surface area contributed by atoms with E-state index in [0.29, 0.717) is 12.5 Å². The van der Waals surface area contributed by atoms with Gasteiger partial charge in [0, 0.05) is 31.7 Å². The summed E-state index contributed by atoms with van der Waals surface area (Å²) in [6, 6.07) is 0.349. The lowest BCUT2D eigenvalue weighted by molar-refractivity contribution is -0.128. The molecule has 0 aromatic carbocycles. The number of rotatable bonds is 5. The van der Waals surface area contributed by atoms with Gasteiger partial charge in [-0.25, -0.2) is 0 Å². The third-order valence-electron chi connectivity index (χ3n) is 3.84. The van der Waals surface area contributed by atoms with Gasteiger partial charge in [-0.2, -0.15) is 0 Å². The lowest BCUT2D eigenvalue weighted by atomic mass is 9.77. The largest absolute Gasteiger partial charge is 0.385 e. The molecule has 1 amide bonds. The molecule has 1 aliphatic rings. The first-order chi connectivity index (χ1) is 8.06. The number of methoxy groups -OCH3 is 1. The predicted molar refractivity (Wildman–Crippen MR) is 68.6 cm³/mol. The van der Waals surface area contributed by atoms with Gasteiger partial charge in [0.25, 0.3) is 0 Å². The Balaban J connectivity index is 2.40. The molecule has 0 bridgehead atoms. The third-order valence-corrected chi connectivity index (χ3v) is 3.84. The first-order valence-electron chi connectivity index (χ1n) is 6.61. The maximum Gasteiger partial charge on any atom is 0.223 e. The molecule has 100 valence electrons. The van der Waals surface area contributed by atoms with E-state index in [1.807, 2.05) is 6.92 Å². The number of carbonyl (C=O) groups excluding carboxylic acids is 1. The molecule has 0 aliphatic heterocycles. The summed E-state index contributed by atoms with van der Waals surface area (Å²) in [5.41, 5.74) is 6.02. The molecule has 0 radical (unpaired) electrons. The summed E-state index contributed by atoms with van der Waals surface area (Å²) in [4.78, 5) is 12.1. The summed E-state index contributed by atoms with van der Waals surface area (Å²) in [7, 11) is 1.68. The molecule has 17 heavy (non-hydrogen) atoms. The number of nitrogens with two attached hydrogens (primary N) is 1. The Morgan fingerprint density at radius 1 is 1.53 bits per heavy atom. The minimum Gasteiger partial charge on any atom is -0.385 e. The second kappa shape index (κ2) is 6.97. The monoisotopic (exact) mass is 242 g/mol. The van der Waals surface area contributed by atoms with Gasteiger partial charge in [0.1, 0.15) is 0 Å². The Labute approximate surface area is 104 Å². The molecule has 1 saturated carbocycles. The van der Waals surface area contributed by atoms with Crippen molar-refractivity contribution in [2.24, 2.45) is 17.6 Å². The Morgan fingerprint density at radius 2 is 2.24 bits per heavy atom. The molecule has 4 unspecified atom stereocenters. The highest BCUT2D eigenvalue weighted by Crippen LogP contribution is 2.29. The fourth-order valence-electron chi connectivity index (χ4n) is 2.48. The summed E-state index contributed by atoms with van der Waals surface area (Å²) in [6.07, 6.45) is 3.94. The van der Waals surface area contributed by atoms with Crippen LogP contribution in [0, 0.1) is 11.8 Å². The molecule has 4 heteroatoms. The summed E-state index contributed by atoms with van der Waals surface area (Å²) in [5, 5.41) is 3.06. The molecular formula is C13H26N2O2. The van der Waals surface area contributed by atoms with Crippen molar-refractivity contribution in [1.82, 2.24) is 5.32 Å². The van der Waals surface area contributed by atoms with E-state index in [1.165, 1.54) is 0 Å². The number of carbonyl (C=O) groups is 1. The van der Waals surface area contributed by atoms with Crippen molar-refractivity contribution in [2.75, 3.05) is 13.7 Å². The van der Waals surface area contributed by atoms with Gasteiger partial charge in [0.05, 0.1) is 0 Å². The maximum atomic E-state index is 12.1. The van der Waals surface area contributed by atoms with Crippen LogP contribution in [0.2, 0.25) is 0 Å². The lowest BCUT2D eigenvalue weighted by Gasteiger charge is -2.33. The van der Waals surface area contributed by atoms with Gasteiger partial charge >= 0.3 is 0 Å². The van der Waals surface area contributed by atoms with Gasteiger partial charge in [0.15, 0.2) is 0 Å². The molecular weight excluding hydrogens is 216 g/mol. The van der Waals surface area contributed by atoms with Crippen molar-refractivity contribution >= 4 is 5.91 Å². The zero-order valence-corrected chi connectivity index (χ0v) is 11.2. The van der Waals surface area contributed by atoms with Crippen LogP contribution < -0.4 is 11.1 Å². The zero-order valence-electron chi connectivity index (χ0n) is 11.2. The topological polar surface area (TPSA) is 64.3 Å². The zero-order chi connectivity index (χ0) is 12.8. The minimum atomic E-state index is 0.0868. The Morgan fingerprint density at radius 3 is 2.88 bits per heavy atom. The average Bonchev–Trinajstić information content (AvgIpc) is 2.29. The van der Waals surface area contributed by atoms with Crippen molar-refractivity contribution in [3.63, 3.8) is 0 Å². The van der Waals surface area contributed by atoms with E-state index < -0.39 is 0 Å². The van der Waals surface area contributed by atoms with Crippen LogP contribution >= 0.6 is 0 Å². The van der Waals surface area contributed by atoms with Crippen molar-refractivity contribution in [3.8, 4) is 0 Å². The van der Waals surface area contributed by atoms with Crippen LogP contribution in [0.3, 0.4) is 0 Å². The first-order valence-corrected chi connectivity index (χ1v) is 6.61. The van der Waals surface area contributed by atoms with Crippen LogP contribution in [0.15, 0.2) is 0 Å². The van der Waals surface area contributed by atoms with E-state index in [1.54, 1.807) is 7.11 Å². The molecule has 0 aromatic heterocycles. The van der Waals surface area contributed by atoms with Crippen molar-refractivity contribution in [1.29, 1.82) is 0 Å². The van der Waals surface area contributed by atoms with E-state index in [0.717, 1.165) is 25.7 Å². The normalized spacial score (nSPS) is 30.9. The maximum absolute atomic E-state index is 12.1. The third kappa shape index (κ3) is 4.28. The van der Waals surface area contributed by atoms with E-state index in [-0.39, 0.29) is 23.9 Å². The van der Waals surface area contributed by atoms with Gasteiger partial charge in [-0.1, -0.05) is 13.3 Å². The van der Waals surface area contributed by atoms with Crippen LogP contribution in [0.5, 0.6) is 0 Å². The number of amides is 1. The number of hydrogen-bond donors (Lipinski definition) is 2. The number of ether oxygens (including phenoxy) is 1. The highest BCUT2D eigenvalue weighted by Gasteiger charge is 2.32. The van der Waals surface area contributed by atoms with E-state index in [9.17, 15) is 4.79 Å². The Hall–Kier alpha value is -0.610. The van der Waals surface area contributed by atoms with Crippen molar-refractivity contribution in [3.05, 3.63) is 0 Å². The van der Waals surface area contributed by atoms with Crippen LogP contribution in [-0.4, -0.2) is 31.7 Å². The molecule has 4 nitrogen and oxygen atoms in total. The lowest BCUT2D eigenvalue weighted by Crippen LogP contribution is -2.46. The molecule has 1 rings (SSSR count). The van der Waals surface area contributed by atoms with Gasteiger partial charge in [-0.3, -0.25) is 4.79 Å². The number of nitrogens with one attached hydrogen (secondary N) is 1. The van der Waals surface area contributed by atoms with Crippen molar-refractivity contribution < 1.29 is 9.53 Å². The second-order valence-electron chi connectivity index (χ2n) is 5.25. The quantitative estimate of drug-likeness (QED) is 0.763. The van der Waals surface area contributed by atoms with Gasteiger partial charge in [-0.15, -0.1) is 0 Å². The Kier molecular flexibility index (Phi) is 5.92. The van der Waals surface area contributed by atoms with Crippen LogP contribution in [0.25, 0.3) is 0 Å². The molecule has 0 aromatic rings. The van der Waals surface area contributed by atoms with Crippen LogP contribution in [0.1, 0.15) is 39.5 Å². The standard InChI is InChI=1S/C13H26N2O2/c1-9(7-8-17-3)15-13(16)11-5-4-6-12(14)10(11)2/h9-12H,4-8,14H2,1-3H3,(H,15,16). The second-order valence-corrected chi connectivity index (χ2v) is 5.25. The van der Waals surface area contributed by atoms with Gasteiger partial charge in [-0.05, 0) is 32.1 Å². The van der Waals surface area contributed by atoms with Crippen LogP contribution in [-0.2, 0) is 9.53 Å². The summed E-state index contributed by atoms with van der Waals surface area (Å²) in [6.45, 7) is 4.79. The fraction of sp³-hybridized carbons (Fsp3) is 0.923. The molecule has 3 N–H and O–H groups in total. The van der Waals surface area contributed by atoms with Gasteiger partial charge < -0.3 is 15.8 Å². The van der Waals surface area contributed by atoms with Crippen molar-refractivity contribution in [2.45, 2.75) is 51.6 Å².